The maximum Gasteiger partial charge on any atom is 0.0867 e. The summed E-state index contributed by atoms with van der Waals surface area (Å²) in [4.78, 5) is 4.18. The van der Waals surface area contributed by atoms with Crippen LogP contribution in [0.1, 0.15) is 17.4 Å². The summed E-state index contributed by atoms with van der Waals surface area (Å²) in [7, 11) is 1.81. The molecular formula is C14H14N4O. The van der Waals surface area contributed by atoms with Gasteiger partial charge >= 0.3 is 0 Å². The van der Waals surface area contributed by atoms with Crippen molar-refractivity contribution in [1.82, 2.24) is 20.0 Å². The van der Waals surface area contributed by atoms with Gasteiger partial charge in [-0.3, -0.25) is 9.67 Å². The maximum atomic E-state index is 10.4. The smallest absolute Gasteiger partial charge is 0.0867 e. The van der Waals surface area contributed by atoms with Crippen LogP contribution in [0.15, 0.2) is 42.9 Å². The van der Waals surface area contributed by atoms with E-state index in [4.69, 9.17) is 0 Å². The van der Waals surface area contributed by atoms with Crippen molar-refractivity contribution >= 4 is 10.8 Å². The number of rotatable bonds is 3. The van der Waals surface area contributed by atoms with Crippen LogP contribution < -0.4 is 0 Å². The van der Waals surface area contributed by atoms with Gasteiger partial charge in [0.25, 0.3) is 0 Å². The molecule has 1 unspecified atom stereocenters. The minimum atomic E-state index is -0.629. The lowest BCUT2D eigenvalue weighted by atomic mass is 10.0. The molecule has 0 radical (unpaired) electrons. The number of benzene rings is 1. The minimum absolute atomic E-state index is 0.434. The van der Waals surface area contributed by atoms with Gasteiger partial charge < -0.3 is 5.11 Å². The van der Waals surface area contributed by atoms with E-state index in [0.29, 0.717) is 6.42 Å². The van der Waals surface area contributed by atoms with Crippen LogP contribution in [0.5, 0.6) is 0 Å². The Hall–Kier alpha value is -2.27. The molecule has 0 aliphatic carbocycles. The Morgan fingerprint density at radius 1 is 1.26 bits per heavy atom. The molecule has 2 aromatic heterocycles. The molecular weight excluding hydrogens is 240 g/mol. The summed E-state index contributed by atoms with van der Waals surface area (Å²) in [6.45, 7) is 0. The minimum Gasteiger partial charge on any atom is -0.388 e. The molecule has 5 nitrogen and oxygen atoms in total. The normalized spacial score (nSPS) is 12.7. The number of pyridine rings is 1. The molecule has 0 spiro atoms. The highest BCUT2D eigenvalue weighted by atomic mass is 16.3. The molecule has 1 atom stereocenters. The second-order valence-electron chi connectivity index (χ2n) is 4.55. The quantitative estimate of drug-likeness (QED) is 0.771. The van der Waals surface area contributed by atoms with Gasteiger partial charge in [-0.15, -0.1) is 5.10 Å². The molecule has 3 rings (SSSR count). The van der Waals surface area contributed by atoms with Crippen LogP contribution in [0.4, 0.5) is 0 Å². The van der Waals surface area contributed by atoms with Crippen molar-refractivity contribution in [3.8, 4) is 0 Å². The number of aryl methyl sites for hydroxylation is 1. The van der Waals surface area contributed by atoms with Gasteiger partial charge in [0.2, 0.25) is 0 Å². The van der Waals surface area contributed by atoms with E-state index >= 15 is 0 Å². The molecule has 0 saturated heterocycles. The molecule has 0 aliphatic rings. The van der Waals surface area contributed by atoms with E-state index in [9.17, 15) is 5.11 Å². The van der Waals surface area contributed by atoms with Gasteiger partial charge in [0, 0.05) is 43.0 Å². The number of aromatic nitrogens is 4. The van der Waals surface area contributed by atoms with E-state index in [1.807, 2.05) is 37.5 Å². The van der Waals surface area contributed by atoms with Crippen LogP contribution in [0.25, 0.3) is 10.8 Å². The number of fused-ring (bicyclic) bond motifs is 1. The second kappa shape index (κ2) is 4.78. The van der Waals surface area contributed by atoms with Crippen LogP contribution in [-0.4, -0.2) is 25.1 Å². The highest BCUT2D eigenvalue weighted by molar-refractivity contribution is 5.84. The average molecular weight is 254 g/mol. The molecule has 0 fully saturated rings. The summed E-state index contributed by atoms with van der Waals surface area (Å²) in [5.74, 6) is 0. The molecule has 3 aromatic rings. The summed E-state index contributed by atoms with van der Waals surface area (Å²) < 4.78 is 1.63. The summed E-state index contributed by atoms with van der Waals surface area (Å²) in [6, 6.07) is 7.90. The standard InChI is InChI=1S/C14H14N4O/c1-18-9-11(16-17-18)6-14(19)13-8-15-7-10-4-2-3-5-12(10)13/h2-5,7-9,14,19H,6H2,1H3. The van der Waals surface area contributed by atoms with Gasteiger partial charge in [-0.2, -0.15) is 0 Å². The molecule has 0 aliphatic heterocycles. The second-order valence-corrected chi connectivity index (χ2v) is 4.55. The summed E-state index contributed by atoms with van der Waals surface area (Å²) >= 11 is 0. The third-order valence-electron chi connectivity index (χ3n) is 3.11. The zero-order valence-corrected chi connectivity index (χ0v) is 10.6. The van der Waals surface area contributed by atoms with Crippen molar-refractivity contribution < 1.29 is 5.11 Å². The number of aliphatic hydroxyl groups is 1. The zero-order valence-electron chi connectivity index (χ0n) is 10.6. The highest BCUT2D eigenvalue weighted by Gasteiger charge is 2.14. The molecule has 19 heavy (non-hydrogen) atoms. The molecule has 5 heteroatoms. The fourth-order valence-corrected chi connectivity index (χ4v) is 2.20. The molecule has 96 valence electrons. The van der Waals surface area contributed by atoms with Crippen molar-refractivity contribution in [2.75, 3.05) is 0 Å². The molecule has 2 heterocycles. The maximum absolute atomic E-state index is 10.4. The van der Waals surface area contributed by atoms with Crippen molar-refractivity contribution in [3.63, 3.8) is 0 Å². The van der Waals surface area contributed by atoms with Crippen LogP contribution in [0.3, 0.4) is 0 Å². The predicted molar refractivity (Wildman–Crippen MR) is 71.4 cm³/mol. The molecule has 0 bridgehead atoms. The Labute approximate surface area is 110 Å². The van der Waals surface area contributed by atoms with Crippen LogP contribution in [0, 0.1) is 0 Å². The first-order valence-electron chi connectivity index (χ1n) is 6.10. The first kappa shape index (κ1) is 11.8. The monoisotopic (exact) mass is 254 g/mol. The fourth-order valence-electron chi connectivity index (χ4n) is 2.20. The highest BCUT2D eigenvalue weighted by Crippen LogP contribution is 2.24. The summed E-state index contributed by atoms with van der Waals surface area (Å²) in [5.41, 5.74) is 1.59. The van der Waals surface area contributed by atoms with E-state index in [0.717, 1.165) is 22.0 Å². The lowest BCUT2D eigenvalue weighted by molar-refractivity contribution is 0.178. The average Bonchev–Trinajstić information content (AvgIpc) is 2.83. The van der Waals surface area contributed by atoms with E-state index in [1.165, 1.54) is 0 Å². The first-order valence-corrected chi connectivity index (χ1v) is 6.10. The Kier molecular flexibility index (Phi) is 2.97. The van der Waals surface area contributed by atoms with Crippen molar-refractivity contribution in [1.29, 1.82) is 0 Å². The van der Waals surface area contributed by atoms with E-state index in [2.05, 4.69) is 15.3 Å². The zero-order chi connectivity index (χ0) is 13.2. The van der Waals surface area contributed by atoms with Crippen molar-refractivity contribution in [2.45, 2.75) is 12.5 Å². The van der Waals surface area contributed by atoms with Crippen LogP contribution >= 0.6 is 0 Å². The van der Waals surface area contributed by atoms with Gasteiger partial charge in [-0.1, -0.05) is 29.5 Å². The van der Waals surface area contributed by atoms with Crippen LogP contribution in [0.2, 0.25) is 0 Å². The summed E-state index contributed by atoms with van der Waals surface area (Å²) in [6.07, 6.45) is 5.12. The molecule has 0 amide bonds. The van der Waals surface area contributed by atoms with E-state index in [1.54, 1.807) is 17.1 Å². The Morgan fingerprint density at radius 2 is 2.11 bits per heavy atom. The van der Waals surface area contributed by atoms with Gasteiger partial charge in [-0.25, -0.2) is 0 Å². The topological polar surface area (TPSA) is 63.8 Å². The first-order chi connectivity index (χ1) is 9.24. The van der Waals surface area contributed by atoms with Gasteiger partial charge in [-0.05, 0) is 5.39 Å². The number of aliphatic hydroxyl groups excluding tert-OH is 1. The van der Waals surface area contributed by atoms with E-state index < -0.39 is 6.10 Å². The predicted octanol–water partition coefficient (Wildman–Crippen LogP) is 1.64. The third kappa shape index (κ3) is 2.32. The number of nitrogens with zero attached hydrogens (tertiary/aromatic N) is 4. The van der Waals surface area contributed by atoms with Gasteiger partial charge in [0.05, 0.1) is 11.8 Å². The Bertz CT molecular complexity index is 702. The van der Waals surface area contributed by atoms with Crippen LogP contribution in [-0.2, 0) is 13.5 Å². The lowest BCUT2D eigenvalue weighted by Crippen LogP contribution is -2.03. The van der Waals surface area contributed by atoms with Crippen molar-refractivity contribution in [2.24, 2.45) is 7.05 Å². The SMILES string of the molecule is Cn1cc(CC(O)c2cncc3ccccc23)nn1. The fraction of sp³-hybridized carbons (Fsp3) is 0.214. The number of hydrogen-bond donors (Lipinski definition) is 1. The summed E-state index contributed by atoms with van der Waals surface area (Å²) in [5, 5.41) is 20.3. The Morgan fingerprint density at radius 3 is 2.89 bits per heavy atom. The van der Waals surface area contributed by atoms with Gasteiger partial charge in [0.15, 0.2) is 0 Å². The molecule has 1 aromatic carbocycles. The van der Waals surface area contributed by atoms with E-state index in [-0.39, 0.29) is 0 Å². The number of hydrogen-bond acceptors (Lipinski definition) is 4. The third-order valence-corrected chi connectivity index (χ3v) is 3.11. The van der Waals surface area contributed by atoms with Gasteiger partial charge in [0.1, 0.15) is 0 Å². The molecule has 0 saturated carbocycles. The molecule has 1 N–H and O–H groups in total. The largest absolute Gasteiger partial charge is 0.388 e. The van der Waals surface area contributed by atoms with Crippen molar-refractivity contribution in [3.05, 3.63) is 54.1 Å². The Balaban J connectivity index is 1.95. The lowest BCUT2D eigenvalue weighted by Gasteiger charge is -2.11.